The molecule has 2 atom stereocenters. The maximum absolute atomic E-state index is 11.7. The number of hydrogen-bond donors (Lipinski definition) is 2. The first-order valence-corrected chi connectivity index (χ1v) is 5.86. The number of carbonyl (C=O) groups is 1. The number of anilines is 1. The lowest BCUT2D eigenvalue weighted by Crippen LogP contribution is -2.25. The highest BCUT2D eigenvalue weighted by molar-refractivity contribution is 7.85. The molecule has 0 spiro atoms. The summed E-state index contributed by atoms with van der Waals surface area (Å²) < 4.78 is 11.7. The van der Waals surface area contributed by atoms with Crippen molar-refractivity contribution in [1.82, 2.24) is 0 Å². The van der Waals surface area contributed by atoms with Crippen molar-refractivity contribution in [2.45, 2.75) is 11.8 Å². The summed E-state index contributed by atoms with van der Waals surface area (Å²) >= 11 is 0. The molecule has 4 nitrogen and oxygen atoms in total. The maximum Gasteiger partial charge on any atom is 0.221 e. The second kappa shape index (κ2) is 4.93. The summed E-state index contributed by atoms with van der Waals surface area (Å²) in [5.41, 5.74) is 11.2. The van der Waals surface area contributed by atoms with Crippen LogP contribution in [0.25, 0.3) is 0 Å². The lowest BCUT2D eigenvalue weighted by atomic mass is 10.2. The van der Waals surface area contributed by atoms with E-state index in [2.05, 4.69) is 0 Å². The summed E-state index contributed by atoms with van der Waals surface area (Å²) in [5.74, 6) is -0.568. The molecule has 0 saturated carbocycles. The molecule has 1 aromatic rings. The minimum atomic E-state index is -1.20. The van der Waals surface area contributed by atoms with Crippen molar-refractivity contribution in [1.29, 1.82) is 0 Å². The van der Waals surface area contributed by atoms with Gasteiger partial charge in [-0.25, -0.2) is 0 Å². The molecular formula is C10H14N2O2S. The Bertz CT molecular complexity index is 376. The van der Waals surface area contributed by atoms with Gasteiger partial charge >= 0.3 is 0 Å². The van der Waals surface area contributed by atoms with Crippen LogP contribution in [0.2, 0.25) is 0 Å². The molecule has 1 rings (SSSR count). The number of hydrogen-bond acceptors (Lipinski definition) is 3. The van der Waals surface area contributed by atoms with Gasteiger partial charge < -0.3 is 11.5 Å². The first-order valence-electron chi connectivity index (χ1n) is 4.54. The van der Waals surface area contributed by atoms with Crippen LogP contribution in [0.1, 0.15) is 6.92 Å². The van der Waals surface area contributed by atoms with Crippen molar-refractivity contribution >= 4 is 22.4 Å². The quantitative estimate of drug-likeness (QED) is 0.733. The molecule has 0 heterocycles. The highest BCUT2D eigenvalue weighted by Crippen LogP contribution is 2.12. The first-order chi connectivity index (χ1) is 7.00. The van der Waals surface area contributed by atoms with E-state index in [1.807, 2.05) is 0 Å². The average Bonchev–Trinajstić information content (AvgIpc) is 2.18. The van der Waals surface area contributed by atoms with E-state index >= 15 is 0 Å². The number of carbonyl (C=O) groups excluding carboxylic acids is 1. The van der Waals surface area contributed by atoms with Crippen LogP contribution in [-0.2, 0) is 15.6 Å². The van der Waals surface area contributed by atoms with Crippen LogP contribution >= 0.6 is 0 Å². The van der Waals surface area contributed by atoms with Crippen LogP contribution in [0.5, 0.6) is 0 Å². The van der Waals surface area contributed by atoms with E-state index in [0.717, 1.165) is 0 Å². The molecule has 82 valence electrons. The summed E-state index contributed by atoms with van der Waals surface area (Å²) in [6.45, 7) is 1.66. The molecule has 5 heteroatoms. The Balaban J connectivity index is 2.69. The van der Waals surface area contributed by atoms with Crippen molar-refractivity contribution in [2.24, 2.45) is 11.7 Å². The van der Waals surface area contributed by atoms with Gasteiger partial charge in [0.15, 0.2) is 0 Å². The minimum Gasteiger partial charge on any atom is -0.399 e. The van der Waals surface area contributed by atoms with E-state index in [1.54, 1.807) is 31.2 Å². The Morgan fingerprint density at radius 3 is 2.40 bits per heavy atom. The van der Waals surface area contributed by atoms with Gasteiger partial charge in [0, 0.05) is 22.3 Å². The van der Waals surface area contributed by atoms with Crippen LogP contribution < -0.4 is 11.5 Å². The number of primary amides is 1. The number of amides is 1. The van der Waals surface area contributed by atoms with Crippen LogP contribution in [0, 0.1) is 5.92 Å². The monoisotopic (exact) mass is 226 g/mol. The molecule has 0 fully saturated rings. The van der Waals surface area contributed by atoms with E-state index in [-0.39, 0.29) is 11.7 Å². The fraction of sp³-hybridized carbons (Fsp3) is 0.300. The topological polar surface area (TPSA) is 86.2 Å². The third-order valence-electron chi connectivity index (χ3n) is 2.03. The highest BCUT2D eigenvalue weighted by Gasteiger charge is 2.13. The number of rotatable bonds is 4. The number of nitrogens with two attached hydrogens (primary N) is 2. The van der Waals surface area contributed by atoms with E-state index in [1.165, 1.54) is 0 Å². The number of benzene rings is 1. The van der Waals surface area contributed by atoms with Crippen LogP contribution in [0.4, 0.5) is 5.69 Å². The van der Waals surface area contributed by atoms with Gasteiger partial charge in [0.2, 0.25) is 5.91 Å². The Morgan fingerprint density at radius 2 is 1.93 bits per heavy atom. The van der Waals surface area contributed by atoms with Gasteiger partial charge in [0.25, 0.3) is 0 Å². The zero-order valence-electron chi connectivity index (χ0n) is 8.47. The Hall–Kier alpha value is -1.36. The second-order valence-corrected chi connectivity index (χ2v) is 4.88. The third-order valence-corrected chi connectivity index (χ3v) is 3.63. The summed E-state index contributed by atoms with van der Waals surface area (Å²) in [4.78, 5) is 11.5. The van der Waals surface area contributed by atoms with Gasteiger partial charge in [0.1, 0.15) is 0 Å². The second-order valence-electron chi connectivity index (χ2n) is 3.38. The van der Waals surface area contributed by atoms with Crippen molar-refractivity contribution < 1.29 is 9.00 Å². The van der Waals surface area contributed by atoms with E-state index in [4.69, 9.17) is 11.5 Å². The van der Waals surface area contributed by atoms with Crippen LogP contribution in [0.15, 0.2) is 29.2 Å². The molecule has 0 aromatic heterocycles. The third kappa shape index (κ3) is 3.36. The summed E-state index contributed by atoms with van der Waals surface area (Å²) in [7, 11) is -1.20. The molecule has 15 heavy (non-hydrogen) atoms. The number of nitrogen functional groups attached to an aromatic ring is 1. The smallest absolute Gasteiger partial charge is 0.221 e. The van der Waals surface area contributed by atoms with Gasteiger partial charge in [-0.1, -0.05) is 6.92 Å². The summed E-state index contributed by atoms with van der Waals surface area (Å²) in [6.07, 6.45) is 0. The fourth-order valence-corrected chi connectivity index (χ4v) is 2.28. The van der Waals surface area contributed by atoms with E-state index in [0.29, 0.717) is 10.6 Å². The van der Waals surface area contributed by atoms with Gasteiger partial charge in [-0.05, 0) is 24.3 Å². The van der Waals surface area contributed by atoms with Crippen molar-refractivity contribution in [3.63, 3.8) is 0 Å². The maximum atomic E-state index is 11.7. The van der Waals surface area contributed by atoms with Crippen molar-refractivity contribution in [3.05, 3.63) is 24.3 Å². The van der Waals surface area contributed by atoms with Gasteiger partial charge in [-0.3, -0.25) is 9.00 Å². The van der Waals surface area contributed by atoms with Gasteiger partial charge in [-0.2, -0.15) is 0 Å². The minimum absolute atomic E-state index is 0.249. The zero-order valence-corrected chi connectivity index (χ0v) is 9.29. The Kier molecular flexibility index (Phi) is 3.85. The highest BCUT2D eigenvalue weighted by atomic mass is 32.2. The molecule has 0 aliphatic carbocycles. The first kappa shape index (κ1) is 11.7. The normalized spacial score (nSPS) is 14.5. The molecule has 0 radical (unpaired) electrons. The predicted octanol–water partition coefficient (Wildman–Crippen LogP) is 0.498. The van der Waals surface area contributed by atoms with Crippen LogP contribution in [-0.4, -0.2) is 15.9 Å². The van der Waals surface area contributed by atoms with Gasteiger partial charge in [0.05, 0.1) is 10.8 Å². The molecule has 4 N–H and O–H groups in total. The summed E-state index contributed by atoms with van der Waals surface area (Å²) in [6, 6.07) is 6.75. The zero-order chi connectivity index (χ0) is 11.4. The molecule has 0 aliphatic heterocycles. The van der Waals surface area contributed by atoms with Crippen molar-refractivity contribution in [3.8, 4) is 0 Å². The molecule has 0 saturated heterocycles. The standard InChI is InChI=1S/C10H14N2O2S/c1-7(10(12)13)6-15(14)9-4-2-8(11)3-5-9/h2-5,7H,6,11H2,1H3,(H2,12,13). The fourth-order valence-electron chi connectivity index (χ4n) is 1.03. The molecule has 0 bridgehead atoms. The molecule has 0 aliphatic rings. The molecule has 2 unspecified atom stereocenters. The largest absolute Gasteiger partial charge is 0.399 e. The Morgan fingerprint density at radius 1 is 1.40 bits per heavy atom. The summed E-state index contributed by atoms with van der Waals surface area (Å²) in [5, 5.41) is 0. The van der Waals surface area contributed by atoms with E-state index < -0.39 is 16.7 Å². The van der Waals surface area contributed by atoms with Crippen molar-refractivity contribution in [2.75, 3.05) is 11.5 Å². The lowest BCUT2D eigenvalue weighted by Gasteiger charge is -2.06. The predicted molar refractivity (Wildman–Crippen MR) is 60.5 cm³/mol. The molecule has 1 amide bonds. The lowest BCUT2D eigenvalue weighted by molar-refractivity contribution is -0.120. The van der Waals surface area contributed by atoms with E-state index in [9.17, 15) is 9.00 Å². The van der Waals surface area contributed by atoms with Gasteiger partial charge in [-0.15, -0.1) is 0 Å². The Labute approximate surface area is 91.1 Å². The van der Waals surface area contributed by atoms with Crippen LogP contribution in [0.3, 0.4) is 0 Å². The molecular weight excluding hydrogens is 212 g/mol. The SMILES string of the molecule is CC(CS(=O)c1ccc(N)cc1)C(N)=O. The molecule has 1 aromatic carbocycles. The average molecular weight is 226 g/mol.